The Morgan fingerprint density at radius 2 is 1.88 bits per heavy atom. The van der Waals surface area contributed by atoms with E-state index in [4.69, 9.17) is 9.47 Å². The molecule has 0 amide bonds. The molecule has 0 aromatic rings. The van der Waals surface area contributed by atoms with Crippen molar-refractivity contribution in [3.05, 3.63) is 0 Å². The SMILES string of the molecule is CCC1(CC)CNCC(C2CCOCC2)O1. The second-order valence-electron chi connectivity index (χ2n) is 5.13. The lowest BCUT2D eigenvalue weighted by atomic mass is 9.89. The standard InChI is InChI=1S/C13H25NO2/c1-3-13(4-2)10-14-9-12(16-13)11-5-7-15-8-6-11/h11-12,14H,3-10H2,1-2H3. The molecule has 0 bridgehead atoms. The van der Waals surface area contributed by atoms with E-state index in [1.807, 2.05) is 0 Å². The van der Waals surface area contributed by atoms with Crippen molar-refractivity contribution in [3.63, 3.8) is 0 Å². The van der Waals surface area contributed by atoms with Gasteiger partial charge in [-0.2, -0.15) is 0 Å². The van der Waals surface area contributed by atoms with Gasteiger partial charge in [-0.1, -0.05) is 13.8 Å². The van der Waals surface area contributed by atoms with Crippen LogP contribution in [0.2, 0.25) is 0 Å². The third-order valence-corrected chi connectivity index (χ3v) is 4.27. The number of hydrogen-bond acceptors (Lipinski definition) is 3. The molecule has 2 aliphatic heterocycles. The highest BCUT2D eigenvalue weighted by molar-refractivity contribution is 4.89. The van der Waals surface area contributed by atoms with Crippen molar-refractivity contribution in [2.75, 3.05) is 26.3 Å². The molecule has 16 heavy (non-hydrogen) atoms. The van der Waals surface area contributed by atoms with Crippen LogP contribution >= 0.6 is 0 Å². The van der Waals surface area contributed by atoms with Gasteiger partial charge in [-0.3, -0.25) is 0 Å². The normalized spacial score (nSPS) is 31.5. The first kappa shape index (κ1) is 12.3. The Balaban J connectivity index is 1.94. The van der Waals surface area contributed by atoms with Crippen molar-refractivity contribution in [2.24, 2.45) is 5.92 Å². The van der Waals surface area contributed by atoms with Gasteiger partial charge in [-0.15, -0.1) is 0 Å². The highest BCUT2D eigenvalue weighted by Crippen LogP contribution is 2.30. The zero-order chi connectivity index (χ0) is 11.4. The number of morpholine rings is 1. The maximum Gasteiger partial charge on any atom is 0.0805 e. The summed E-state index contributed by atoms with van der Waals surface area (Å²) >= 11 is 0. The average Bonchev–Trinajstić information content (AvgIpc) is 2.40. The summed E-state index contributed by atoms with van der Waals surface area (Å²) < 4.78 is 11.8. The molecule has 94 valence electrons. The van der Waals surface area contributed by atoms with Gasteiger partial charge >= 0.3 is 0 Å². The van der Waals surface area contributed by atoms with E-state index in [-0.39, 0.29) is 5.60 Å². The molecule has 2 aliphatic rings. The Kier molecular flexibility index (Phi) is 4.22. The second kappa shape index (κ2) is 5.48. The minimum Gasteiger partial charge on any atom is -0.381 e. The molecule has 0 saturated carbocycles. The average molecular weight is 227 g/mol. The van der Waals surface area contributed by atoms with Crippen molar-refractivity contribution in [1.82, 2.24) is 5.32 Å². The van der Waals surface area contributed by atoms with Crippen molar-refractivity contribution in [2.45, 2.75) is 51.2 Å². The summed E-state index contributed by atoms with van der Waals surface area (Å²) in [6.07, 6.45) is 4.94. The first-order chi connectivity index (χ1) is 7.79. The number of rotatable bonds is 3. The van der Waals surface area contributed by atoms with E-state index in [2.05, 4.69) is 19.2 Å². The Labute approximate surface area is 98.9 Å². The van der Waals surface area contributed by atoms with Gasteiger partial charge in [-0.25, -0.2) is 0 Å². The second-order valence-corrected chi connectivity index (χ2v) is 5.13. The third-order valence-electron chi connectivity index (χ3n) is 4.27. The van der Waals surface area contributed by atoms with Gasteiger partial charge in [0, 0.05) is 26.3 Å². The Hall–Kier alpha value is -0.120. The smallest absolute Gasteiger partial charge is 0.0805 e. The fraction of sp³-hybridized carbons (Fsp3) is 1.00. The molecule has 1 atom stereocenters. The van der Waals surface area contributed by atoms with Gasteiger partial charge in [0.05, 0.1) is 11.7 Å². The maximum absolute atomic E-state index is 6.39. The van der Waals surface area contributed by atoms with Gasteiger partial charge in [0.25, 0.3) is 0 Å². The first-order valence-corrected chi connectivity index (χ1v) is 6.76. The van der Waals surface area contributed by atoms with Gasteiger partial charge in [0.2, 0.25) is 0 Å². The molecule has 1 N–H and O–H groups in total. The van der Waals surface area contributed by atoms with Gasteiger partial charge in [0.15, 0.2) is 0 Å². The third kappa shape index (κ3) is 2.58. The largest absolute Gasteiger partial charge is 0.381 e. The molecule has 2 rings (SSSR count). The molecule has 0 aromatic heterocycles. The lowest BCUT2D eigenvalue weighted by Crippen LogP contribution is -2.55. The Morgan fingerprint density at radius 1 is 1.19 bits per heavy atom. The molecule has 2 saturated heterocycles. The minimum atomic E-state index is 0.0845. The minimum absolute atomic E-state index is 0.0845. The van der Waals surface area contributed by atoms with Crippen LogP contribution in [0.3, 0.4) is 0 Å². The van der Waals surface area contributed by atoms with Crippen LogP contribution in [0.1, 0.15) is 39.5 Å². The van der Waals surface area contributed by atoms with Crippen LogP contribution in [0.15, 0.2) is 0 Å². The van der Waals surface area contributed by atoms with Crippen LogP contribution in [0.4, 0.5) is 0 Å². The molecule has 3 nitrogen and oxygen atoms in total. The number of nitrogens with one attached hydrogen (secondary N) is 1. The fourth-order valence-electron chi connectivity index (χ4n) is 2.86. The number of ether oxygens (including phenoxy) is 2. The number of hydrogen-bond donors (Lipinski definition) is 1. The summed E-state index contributed by atoms with van der Waals surface area (Å²) in [5.74, 6) is 0.694. The summed E-state index contributed by atoms with van der Waals surface area (Å²) in [6, 6.07) is 0. The molecule has 1 unspecified atom stereocenters. The molecule has 0 aromatic carbocycles. The maximum atomic E-state index is 6.39. The molecule has 2 fully saturated rings. The van der Waals surface area contributed by atoms with Crippen LogP contribution in [0, 0.1) is 5.92 Å². The van der Waals surface area contributed by atoms with Gasteiger partial charge < -0.3 is 14.8 Å². The first-order valence-electron chi connectivity index (χ1n) is 6.76. The van der Waals surface area contributed by atoms with Crippen LogP contribution in [-0.4, -0.2) is 38.0 Å². The van der Waals surface area contributed by atoms with Gasteiger partial charge in [-0.05, 0) is 31.6 Å². The van der Waals surface area contributed by atoms with E-state index in [0.29, 0.717) is 12.0 Å². The lowest BCUT2D eigenvalue weighted by molar-refractivity contribution is -0.150. The molecule has 3 heteroatoms. The highest BCUT2D eigenvalue weighted by atomic mass is 16.5. The molecule has 0 aliphatic carbocycles. The fourth-order valence-corrected chi connectivity index (χ4v) is 2.86. The van der Waals surface area contributed by atoms with E-state index in [9.17, 15) is 0 Å². The van der Waals surface area contributed by atoms with Crippen molar-refractivity contribution in [1.29, 1.82) is 0 Å². The van der Waals surface area contributed by atoms with Gasteiger partial charge in [0.1, 0.15) is 0 Å². The topological polar surface area (TPSA) is 30.5 Å². The summed E-state index contributed by atoms with van der Waals surface area (Å²) in [4.78, 5) is 0. The summed E-state index contributed by atoms with van der Waals surface area (Å²) in [6.45, 7) is 8.33. The Morgan fingerprint density at radius 3 is 2.50 bits per heavy atom. The van der Waals surface area contributed by atoms with E-state index in [0.717, 1.165) is 52.0 Å². The monoisotopic (exact) mass is 227 g/mol. The molecule has 0 spiro atoms. The van der Waals surface area contributed by atoms with E-state index < -0.39 is 0 Å². The van der Waals surface area contributed by atoms with E-state index >= 15 is 0 Å². The summed E-state index contributed by atoms with van der Waals surface area (Å²) in [5, 5.41) is 3.56. The Bertz CT molecular complexity index is 210. The van der Waals surface area contributed by atoms with Crippen molar-refractivity contribution >= 4 is 0 Å². The van der Waals surface area contributed by atoms with Crippen LogP contribution in [0.5, 0.6) is 0 Å². The van der Waals surface area contributed by atoms with Crippen LogP contribution in [0.25, 0.3) is 0 Å². The predicted molar refractivity (Wildman–Crippen MR) is 64.6 cm³/mol. The van der Waals surface area contributed by atoms with E-state index in [1.54, 1.807) is 0 Å². The molecular weight excluding hydrogens is 202 g/mol. The quantitative estimate of drug-likeness (QED) is 0.799. The molecule has 2 heterocycles. The zero-order valence-electron chi connectivity index (χ0n) is 10.6. The zero-order valence-corrected chi connectivity index (χ0v) is 10.6. The lowest BCUT2D eigenvalue weighted by Gasteiger charge is -2.44. The van der Waals surface area contributed by atoms with Crippen molar-refractivity contribution < 1.29 is 9.47 Å². The molecule has 0 radical (unpaired) electrons. The highest BCUT2D eigenvalue weighted by Gasteiger charge is 2.37. The van der Waals surface area contributed by atoms with Crippen molar-refractivity contribution in [3.8, 4) is 0 Å². The van der Waals surface area contributed by atoms with Crippen LogP contribution in [-0.2, 0) is 9.47 Å². The van der Waals surface area contributed by atoms with E-state index in [1.165, 1.54) is 0 Å². The van der Waals surface area contributed by atoms with Crippen LogP contribution < -0.4 is 5.32 Å². The molecular formula is C13H25NO2. The summed E-state index contributed by atoms with van der Waals surface area (Å²) in [5.41, 5.74) is 0.0845. The predicted octanol–water partition coefficient (Wildman–Crippen LogP) is 1.96. The summed E-state index contributed by atoms with van der Waals surface area (Å²) in [7, 11) is 0.